The van der Waals surface area contributed by atoms with Crippen LogP contribution in [0.3, 0.4) is 0 Å². The van der Waals surface area contributed by atoms with E-state index in [2.05, 4.69) is 32.4 Å². The molecule has 7 heteroatoms. The molecule has 1 saturated heterocycles. The molecule has 1 fully saturated rings. The van der Waals surface area contributed by atoms with Crippen LogP contribution in [0, 0.1) is 5.82 Å². The molecule has 1 atom stereocenters. The first kappa shape index (κ1) is 22.9. The number of hydrogen-bond donors (Lipinski definition) is 2. The van der Waals surface area contributed by atoms with Gasteiger partial charge in [-0.3, -0.25) is 4.79 Å². The van der Waals surface area contributed by atoms with Crippen molar-refractivity contribution in [3.05, 3.63) is 72.2 Å². The largest absolute Gasteiger partial charge is 0.352 e. The number of nitrogens with one attached hydrogen (secondary N) is 2. The van der Waals surface area contributed by atoms with Gasteiger partial charge in [-0.2, -0.15) is 0 Å². The van der Waals surface area contributed by atoms with E-state index in [4.69, 9.17) is 0 Å². The minimum absolute atomic E-state index is 0.0612. The topological polar surface area (TPSA) is 70.2 Å². The molecular weight excluding hydrogens is 417 g/mol. The summed E-state index contributed by atoms with van der Waals surface area (Å²) >= 11 is 0. The van der Waals surface area contributed by atoms with E-state index in [9.17, 15) is 9.18 Å². The lowest BCUT2D eigenvalue weighted by Gasteiger charge is -2.33. The molecule has 6 nitrogen and oxygen atoms in total. The molecule has 33 heavy (non-hydrogen) atoms. The lowest BCUT2D eigenvalue weighted by atomic mass is 10.0. The summed E-state index contributed by atoms with van der Waals surface area (Å²) in [6, 6.07) is 15.8. The van der Waals surface area contributed by atoms with E-state index in [1.807, 2.05) is 12.1 Å². The summed E-state index contributed by atoms with van der Waals surface area (Å²) in [6.45, 7) is 5.16. The van der Waals surface area contributed by atoms with Crippen LogP contribution in [0.15, 0.2) is 60.8 Å². The fourth-order valence-corrected chi connectivity index (χ4v) is 4.10. The summed E-state index contributed by atoms with van der Waals surface area (Å²) in [5.41, 5.74) is 2.18. The normalized spacial score (nSPS) is 16.4. The third kappa shape index (κ3) is 6.35. The SMILES string of the molecule is C[C@@H]1CCCCN1CCCNC(=O)c1ccc(Nc2ccnc(-c3ccc(F)cc3)n2)cc1. The summed E-state index contributed by atoms with van der Waals surface area (Å²) in [7, 11) is 0. The first-order chi connectivity index (χ1) is 16.1. The Bertz CT molecular complexity index is 1060. The van der Waals surface area contributed by atoms with Gasteiger partial charge in [0.1, 0.15) is 11.6 Å². The molecule has 0 radical (unpaired) electrons. The molecule has 0 aliphatic carbocycles. The van der Waals surface area contributed by atoms with Crippen molar-refractivity contribution >= 4 is 17.4 Å². The number of aromatic nitrogens is 2. The zero-order valence-corrected chi connectivity index (χ0v) is 18.9. The first-order valence-electron chi connectivity index (χ1n) is 11.6. The van der Waals surface area contributed by atoms with E-state index < -0.39 is 0 Å². The van der Waals surface area contributed by atoms with E-state index in [1.54, 1.807) is 36.5 Å². The van der Waals surface area contributed by atoms with Crippen LogP contribution in [0.4, 0.5) is 15.9 Å². The smallest absolute Gasteiger partial charge is 0.251 e. The van der Waals surface area contributed by atoms with Crippen molar-refractivity contribution in [3.63, 3.8) is 0 Å². The van der Waals surface area contributed by atoms with Crippen LogP contribution in [-0.2, 0) is 0 Å². The van der Waals surface area contributed by atoms with Gasteiger partial charge in [-0.1, -0.05) is 6.42 Å². The molecule has 0 unspecified atom stereocenters. The fourth-order valence-electron chi connectivity index (χ4n) is 4.10. The third-order valence-corrected chi connectivity index (χ3v) is 6.03. The number of amides is 1. The van der Waals surface area contributed by atoms with Crippen molar-refractivity contribution < 1.29 is 9.18 Å². The van der Waals surface area contributed by atoms with Crippen molar-refractivity contribution in [2.24, 2.45) is 0 Å². The standard InChI is InChI=1S/C26H30FN5O/c1-19-5-2-3-17-32(19)18-4-15-29-26(33)21-8-12-23(13-9-21)30-24-14-16-28-25(31-24)20-6-10-22(27)11-7-20/h6-14,16,19H,2-5,15,17-18H2,1H3,(H,29,33)(H,28,30,31)/t19-/m1/s1. The van der Waals surface area contributed by atoms with E-state index in [1.165, 1.54) is 37.9 Å². The van der Waals surface area contributed by atoms with Crippen LogP contribution in [0.5, 0.6) is 0 Å². The molecule has 1 aliphatic rings. The Kier molecular flexibility index (Phi) is 7.62. The zero-order valence-electron chi connectivity index (χ0n) is 18.9. The second-order valence-electron chi connectivity index (χ2n) is 8.46. The Morgan fingerprint density at radius 1 is 1.09 bits per heavy atom. The van der Waals surface area contributed by atoms with Gasteiger partial charge in [0.2, 0.25) is 0 Å². The second kappa shape index (κ2) is 11.0. The number of piperidine rings is 1. The highest BCUT2D eigenvalue weighted by Gasteiger charge is 2.17. The van der Waals surface area contributed by atoms with Gasteiger partial charge in [0.25, 0.3) is 5.91 Å². The molecule has 0 spiro atoms. The van der Waals surface area contributed by atoms with Crippen LogP contribution in [-0.4, -0.2) is 46.5 Å². The highest BCUT2D eigenvalue weighted by atomic mass is 19.1. The molecule has 1 aromatic heterocycles. The Balaban J connectivity index is 1.28. The number of likely N-dealkylation sites (tertiary alicyclic amines) is 1. The number of halogens is 1. The average molecular weight is 448 g/mol. The summed E-state index contributed by atoms with van der Waals surface area (Å²) < 4.78 is 13.2. The van der Waals surface area contributed by atoms with Gasteiger partial charge in [-0.15, -0.1) is 0 Å². The minimum atomic E-state index is -0.297. The molecule has 0 saturated carbocycles. The van der Waals surface area contributed by atoms with Crippen molar-refractivity contribution in [3.8, 4) is 11.4 Å². The Labute approximate surface area is 194 Å². The molecule has 1 amide bonds. The summed E-state index contributed by atoms with van der Waals surface area (Å²) in [6.07, 6.45) is 6.49. The number of anilines is 2. The minimum Gasteiger partial charge on any atom is -0.352 e. The Morgan fingerprint density at radius 2 is 1.88 bits per heavy atom. The fraction of sp³-hybridized carbons (Fsp3) is 0.346. The highest BCUT2D eigenvalue weighted by molar-refractivity contribution is 5.94. The van der Waals surface area contributed by atoms with Crippen LogP contribution in [0.1, 0.15) is 43.0 Å². The van der Waals surface area contributed by atoms with Crippen LogP contribution < -0.4 is 10.6 Å². The number of carbonyl (C=O) groups excluding carboxylic acids is 1. The van der Waals surface area contributed by atoms with Gasteiger partial charge in [0.15, 0.2) is 5.82 Å². The van der Waals surface area contributed by atoms with Crippen molar-refractivity contribution in [2.75, 3.05) is 25.0 Å². The van der Waals surface area contributed by atoms with E-state index in [0.717, 1.165) is 24.2 Å². The third-order valence-electron chi connectivity index (χ3n) is 6.03. The van der Waals surface area contributed by atoms with Gasteiger partial charge < -0.3 is 15.5 Å². The van der Waals surface area contributed by atoms with Crippen molar-refractivity contribution in [1.29, 1.82) is 0 Å². The number of carbonyl (C=O) groups is 1. The molecule has 172 valence electrons. The number of nitrogens with zero attached hydrogens (tertiary/aromatic N) is 3. The van der Waals surface area contributed by atoms with Gasteiger partial charge in [0.05, 0.1) is 0 Å². The van der Waals surface area contributed by atoms with Crippen LogP contribution in [0.25, 0.3) is 11.4 Å². The predicted molar refractivity (Wildman–Crippen MR) is 129 cm³/mol. The predicted octanol–water partition coefficient (Wildman–Crippen LogP) is 5.02. The van der Waals surface area contributed by atoms with Gasteiger partial charge in [-0.05, 0) is 87.3 Å². The molecule has 2 N–H and O–H groups in total. The zero-order chi connectivity index (χ0) is 23.0. The maximum atomic E-state index is 13.2. The monoisotopic (exact) mass is 447 g/mol. The van der Waals surface area contributed by atoms with E-state index >= 15 is 0 Å². The lowest BCUT2D eigenvalue weighted by Crippen LogP contribution is -2.39. The first-order valence-corrected chi connectivity index (χ1v) is 11.6. The average Bonchev–Trinajstić information content (AvgIpc) is 2.84. The van der Waals surface area contributed by atoms with Gasteiger partial charge in [0, 0.05) is 42.1 Å². The molecule has 2 heterocycles. The van der Waals surface area contributed by atoms with Crippen LogP contribution in [0.2, 0.25) is 0 Å². The summed E-state index contributed by atoms with van der Waals surface area (Å²) in [4.78, 5) is 23.7. The van der Waals surface area contributed by atoms with Gasteiger partial charge in [-0.25, -0.2) is 14.4 Å². The van der Waals surface area contributed by atoms with Crippen molar-refractivity contribution in [1.82, 2.24) is 20.2 Å². The maximum Gasteiger partial charge on any atom is 0.251 e. The Hall–Kier alpha value is -3.32. The number of hydrogen-bond acceptors (Lipinski definition) is 5. The summed E-state index contributed by atoms with van der Waals surface area (Å²) in [5.74, 6) is 0.769. The molecule has 2 aromatic carbocycles. The second-order valence-corrected chi connectivity index (χ2v) is 8.46. The number of benzene rings is 2. The van der Waals surface area contributed by atoms with Crippen molar-refractivity contribution in [2.45, 2.75) is 38.6 Å². The molecule has 3 aromatic rings. The Morgan fingerprint density at radius 3 is 2.64 bits per heavy atom. The maximum absolute atomic E-state index is 13.2. The lowest BCUT2D eigenvalue weighted by molar-refractivity contribution is 0.0949. The van der Waals surface area contributed by atoms with Gasteiger partial charge >= 0.3 is 0 Å². The van der Waals surface area contributed by atoms with E-state index in [0.29, 0.717) is 29.8 Å². The molecule has 4 rings (SSSR count). The number of rotatable bonds is 8. The molecule has 1 aliphatic heterocycles. The molecular formula is C26H30FN5O. The van der Waals surface area contributed by atoms with Crippen LogP contribution >= 0.6 is 0 Å². The van der Waals surface area contributed by atoms with E-state index in [-0.39, 0.29) is 11.7 Å². The molecule has 0 bridgehead atoms. The highest BCUT2D eigenvalue weighted by Crippen LogP contribution is 2.20. The quantitative estimate of drug-likeness (QED) is 0.475. The summed E-state index contributed by atoms with van der Waals surface area (Å²) in [5, 5.41) is 6.24.